The first-order valence-electron chi connectivity index (χ1n) is 14.5. The Balaban J connectivity index is 1.54. The van der Waals surface area contributed by atoms with Crippen molar-refractivity contribution in [2.24, 2.45) is 46.3 Å². The standard InChI is InChI=1S/C31H50O4/c1-19(2)9-8-10-20(3)29-28(35-22(5)33)18-27-25-12-11-23-17-24(34-21(4)32)13-15-30(23,6)26(25)14-16-31(27,29)7/h19,23-29H,3,8-18H2,1-2,4-7H3/t23-,24-,25+,26-,27-,28-,29-,30-,31-/m0/s1. The number of carbonyl (C=O) groups is 2. The fourth-order valence-electron chi connectivity index (χ4n) is 9.50. The molecule has 4 aliphatic carbocycles. The summed E-state index contributed by atoms with van der Waals surface area (Å²) in [7, 11) is 0. The maximum Gasteiger partial charge on any atom is 0.302 e. The van der Waals surface area contributed by atoms with Crippen molar-refractivity contribution in [2.45, 2.75) is 124 Å². The van der Waals surface area contributed by atoms with Gasteiger partial charge in [0.25, 0.3) is 0 Å². The number of fused-ring (bicyclic) bond motifs is 5. The van der Waals surface area contributed by atoms with Gasteiger partial charge in [-0.3, -0.25) is 9.59 Å². The van der Waals surface area contributed by atoms with Crippen molar-refractivity contribution < 1.29 is 19.1 Å². The third-order valence-corrected chi connectivity index (χ3v) is 11.0. The summed E-state index contributed by atoms with van der Waals surface area (Å²) in [5.41, 5.74) is 1.83. The largest absolute Gasteiger partial charge is 0.463 e. The summed E-state index contributed by atoms with van der Waals surface area (Å²) in [5, 5.41) is 0. The van der Waals surface area contributed by atoms with E-state index in [0.29, 0.717) is 29.1 Å². The molecule has 0 radical (unpaired) electrons. The van der Waals surface area contributed by atoms with Crippen molar-refractivity contribution in [2.75, 3.05) is 0 Å². The summed E-state index contributed by atoms with van der Waals surface area (Å²) in [6.45, 7) is 17.3. The molecule has 0 aromatic rings. The van der Waals surface area contributed by atoms with Crippen molar-refractivity contribution in [3.63, 3.8) is 0 Å². The predicted octanol–water partition coefficient (Wildman–Crippen LogP) is 7.50. The van der Waals surface area contributed by atoms with E-state index in [9.17, 15) is 9.59 Å². The van der Waals surface area contributed by atoms with Gasteiger partial charge in [0.15, 0.2) is 0 Å². The molecular formula is C31H50O4. The number of hydrogen-bond acceptors (Lipinski definition) is 4. The third kappa shape index (κ3) is 5.10. The Morgan fingerprint density at radius 3 is 2.26 bits per heavy atom. The zero-order chi connectivity index (χ0) is 25.5. The fourth-order valence-corrected chi connectivity index (χ4v) is 9.50. The van der Waals surface area contributed by atoms with Crippen molar-refractivity contribution >= 4 is 11.9 Å². The average Bonchev–Trinajstić information content (AvgIpc) is 3.04. The van der Waals surface area contributed by atoms with E-state index in [1.54, 1.807) is 13.8 Å². The van der Waals surface area contributed by atoms with Crippen molar-refractivity contribution in [1.29, 1.82) is 0 Å². The summed E-state index contributed by atoms with van der Waals surface area (Å²) in [6, 6.07) is 0. The summed E-state index contributed by atoms with van der Waals surface area (Å²) in [5.74, 6) is 3.39. The molecule has 4 aliphatic rings. The van der Waals surface area contributed by atoms with Crippen molar-refractivity contribution in [3.8, 4) is 0 Å². The van der Waals surface area contributed by atoms with Gasteiger partial charge in [0.05, 0.1) is 0 Å². The van der Waals surface area contributed by atoms with E-state index in [2.05, 4.69) is 34.3 Å². The summed E-state index contributed by atoms with van der Waals surface area (Å²) in [4.78, 5) is 23.7. The van der Waals surface area contributed by atoms with Crippen LogP contribution in [0.15, 0.2) is 12.2 Å². The second-order valence-electron chi connectivity index (χ2n) is 13.5. The molecule has 4 fully saturated rings. The third-order valence-electron chi connectivity index (χ3n) is 11.0. The van der Waals surface area contributed by atoms with Crippen LogP contribution in [0.3, 0.4) is 0 Å². The van der Waals surface area contributed by atoms with E-state index in [1.165, 1.54) is 50.5 Å². The first-order chi connectivity index (χ1) is 16.5. The van der Waals surface area contributed by atoms with E-state index < -0.39 is 0 Å². The van der Waals surface area contributed by atoms with Crippen LogP contribution in [0.25, 0.3) is 0 Å². The maximum absolute atomic E-state index is 12.1. The molecule has 4 heteroatoms. The second kappa shape index (κ2) is 10.2. The number of ether oxygens (including phenoxy) is 2. The molecule has 9 atom stereocenters. The van der Waals surface area contributed by atoms with E-state index in [1.807, 2.05) is 0 Å². The van der Waals surface area contributed by atoms with Crippen LogP contribution in [0.4, 0.5) is 0 Å². The van der Waals surface area contributed by atoms with Crippen molar-refractivity contribution in [1.82, 2.24) is 0 Å². The monoisotopic (exact) mass is 486 g/mol. The number of esters is 2. The zero-order valence-electron chi connectivity index (χ0n) is 23.2. The van der Waals surface area contributed by atoms with Gasteiger partial charge in [-0.1, -0.05) is 46.3 Å². The molecule has 4 saturated carbocycles. The van der Waals surface area contributed by atoms with Gasteiger partial charge in [-0.05, 0) is 105 Å². The molecule has 0 N–H and O–H groups in total. The molecule has 0 unspecified atom stereocenters. The number of carbonyl (C=O) groups excluding carboxylic acids is 2. The molecule has 0 aromatic carbocycles. The average molecular weight is 487 g/mol. The predicted molar refractivity (Wildman–Crippen MR) is 140 cm³/mol. The fraction of sp³-hybridized carbons (Fsp3) is 0.871. The molecule has 0 saturated heterocycles. The minimum absolute atomic E-state index is 0.0157. The first kappa shape index (κ1) is 26.7. The highest BCUT2D eigenvalue weighted by atomic mass is 16.5. The number of rotatable bonds is 7. The smallest absolute Gasteiger partial charge is 0.302 e. The Labute approximate surface area is 214 Å². The van der Waals surface area contributed by atoms with Crippen LogP contribution in [-0.4, -0.2) is 24.1 Å². The van der Waals surface area contributed by atoms with E-state index in [4.69, 9.17) is 9.47 Å². The van der Waals surface area contributed by atoms with Gasteiger partial charge in [0.1, 0.15) is 12.2 Å². The molecule has 0 aromatic heterocycles. The number of hydrogen-bond donors (Lipinski definition) is 0. The Morgan fingerprint density at radius 2 is 1.60 bits per heavy atom. The van der Waals surface area contributed by atoms with Crippen LogP contribution in [0.5, 0.6) is 0 Å². The highest BCUT2D eigenvalue weighted by Crippen LogP contribution is 2.68. The van der Waals surface area contributed by atoms with Gasteiger partial charge in [-0.25, -0.2) is 0 Å². The molecule has 0 heterocycles. The van der Waals surface area contributed by atoms with E-state index in [0.717, 1.165) is 31.6 Å². The van der Waals surface area contributed by atoms with Gasteiger partial charge >= 0.3 is 11.9 Å². The quantitative estimate of drug-likeness (QED) is 0.276. The van der Waals surface area contributed by atoms with Gasteiger partial charge in [0.2, 0.25) is 0 Å². The van der Waals surface area contributed by atoms with Crippen LogP contribution in [0.1, 0.15) is 112 Å². The molecule has 4 nitrogen and oxygen atoms in total. The van der Waals surface area contributed by atoms with Crippen LogP contribution in [-0.2, 0) is 19.1 Å². The van der Waals surface area contributed by atoms with Crippen LogP contribution in [0, 0.1) is 46.3 Å². The highest BCUT2D eigenvalue weighted by molar-refractivity contribution is 5.66. The Hall–Kier alpha value is -1.32. The molecular weight excluding hydrogens is 436 g/mol. The van der Waals surface area contributed by atoms with E-state index >= 15 is 0 Å². The molecule has 0 amide bonds. The Morgan fingerprint density at radius 1 is 0.914 bits per heavy atom. The SMILES string of the molecule is C=C(CCCC(C)C)[C@H]1[C@@H](OC(C)=O)C[C@H]2[C@@H]3CC[C@H]4C[C@@H](OC(C)=O)CC[C@]4(C)[C@H]3CC[C@@]21C. The maximum atomic E-state index is 12.1. The highest BCUT2D eigenvalue weighted by Gasteiger charge is 2.63. The Kier molecular flexibility index (Phi) is 7.80. The van der Waals surface area contributed by atoms with Gasteiger partial charge in [0, 0.05) is 19.8 Å². The van der Waals surface area contributed by atoms with Gasteiger partial charge < -0.3 is 9.47 Å². The molecule has 35 heavy (non-hydrogen) atoms. The molecule has 0 spiro atoms. The molecule has 4 rings (SSSR count). The normalized spacial score (nSPS) is 42.5. The van der Waals surface area contributed by atoms with Crippen LogP contribution in [0.2, 0.25) is 0 Å². The lowest BCUT2D eigenvalue weighted by atomic mass is 9.44. The van der Waals surface area contributed by atoms with Gasteiger partial charge in [-0.2, -0.15) is 0 Å². The van der Waals surface area contributed by atoms with Crippen LogP contribution < -0.4 is 0 Å². The summed E-state index contributed by atoms with van der Waals surface area (Å²) in [6.07, 6.45) is 12.7. The summed E-state index contributed by atoms with van der Waals surface area (Å²) >= 11 is 0. The van der Waals surface area contributed by atoms with Crippen molar-refractivity contribution in [3.05, 3.63) is 12.2 Å². The second-order valence-corrected chi connectivity index (χ2v) is 13.5. The molecule has 198 valence electrons. The Bertz CT molecular complexity index is 817. The van der Waals surface area contributed by atoms with E-state index in [-0.39, 0.29) is 35.5 Å². The molecule has 0 bridgehead atoms. The topological polar surface area (TPSA) is 52.6 Å². The minimum atomic E-state index is -0.145. The lowest BCUT2D eigenvalue weighted by Gasteiger charge is -2.61. The minimum Gasteiger partial charge on any atom is -0.463 e. The molecule has 0 aliphatic heterocycles. The summed E-state index contributed by atoms with van der Waals surface area (Å²) < 4.78 is 11.7. The zero-order valence-corrected chi connectivity index (χ0v) is 23.2. The van der Waals surface area contributed by atoms with Crippen LogP contribution >= 0.6 is 0 Å². The van der Waals surface area contributed by atoms with Gasteiger partial charge in [-0.15, -0.1) is 0 Å². The first-order valence-corrected chi connectivity index (χ1v) is 14.5. The lowest BCUT2D eigenvalue weighted by molar-refractivity contribution is -0.160. The lowest BCUT2D eigenvalue weighted by Crippen LogP contribution is -2.54.